The predicted octanol–water partition coefficient (Wildman–Crippen LogP) is 2.06. The summed E-state index contributed by atoms with van der Waals surface area (Å²) in [7, 11) is 0. The monoisotopic (exact) mass is 203 g/mol. The van der Waals surface area contributed by atoms with Crippen LogP contribution in [0.3, 0.4) is 0 Å². The molecule has 0 amide bonds. The summed E-state index contributed by atoms with van der Waals surface area (Å²) in [5.41, 5.74) is 7.66. The molecule has 2 fully saturated rings. The van der Waals surface area contributed by atoms with Crippen LogP contribution in [0.25, 0.3) is 0 Å². The van der Waals surface area contributed by atoms with E-state index in [2.05, 4.69) is 0 Å². The number of phenolic OH excluding ortho intramolecular Hbond substituents is 1. The number of rotatable bonds is 3. The third kappa shape index (κ3) is 1.74. The van der Waals surface area contributed by atoms with Crippen LogP contribution in [-0.2, 0) is 6.42 Å². The van der Waals surface area contributed by atoms with E-state index in [9.17, 15) is 5.11 Å². The smallest absolute Gasteiger partial charge is 0.115 e. The largest absolute Gasteiger partial charge is 0.508 e. The number of phenols is 1. The zero-order chi connectivity index (χ0) is 10.5. The quantitative estimate of drug-likeness (QED) is 0.790. The Labute approximate surface area is 90.1 Å². The van der Waals surface area contributed by atoms with Crippen LogP contribution in [0, 0.1) is 11.8 Å². The van der Waals surface area contributed by atoms with E-state index in [1.807, 2.05) is 12.1 Å². The molecule has 15 heavy (non-hydrogen) atoms. The van der Waals surface area contributed by atoms with Crippen LogP contribution in [0.5, 0.6) is 5.75 Å². The van der Waals surface area contributed by atoms with Crippen LogP contribution in [0.2, 0.25) is 0 Å². The molecule has 0 radical (unpaired) electrons. The van der Waals surface area contributed by atoms with Gasteiger partial charge in [-0.3, -0.25) is 0 Å². The minimum atomic E-state index is 0.0676. The number of hydrogen-bond donors (Lipinski definition) is 2. The van der Waals surface area contributed by atoms with E-state index in [1.165, 1.54) is 24.8 Å². The van der Waals surface area contributed by atoms with E-state index in [-0.39, 0.29) is 5.54 Å². The molecule has 2 nitrogen and oxygen atoms in total. The van der Waals surface area contributed by atoms with Gasteiger partial charge in [-0.2, -0.15) is 0 Å². The predicted molar refractivity (Wildman–Crippen MR) is 59.6 cm³/mol. The molecular weight excluding hydrogens is 186 g/mol. The molecule has 1 aromatic carbocycles. The summed E-state index contributed by atoms with van der Waals surface area (Å²) in [5.74, 6) is 2.03. The Bertz CT molecular complexity index is 369. The average molecular weight is 203 g/mol. The molecule has 3 N–H and O–H groups in total. The summed E-state index contributed by atoms with van der Waals surface area (Å²) < 4.78 is 0. The van der Waals surface area contributed by atoms with Crippen LogP contribution < -0.4 is 5.73 Å². The third-order valence-corrected chi connectivity index (χ3v) is 3.84. The van der Waals surface area contributed by atoms with Gasteiger partial charge in [0.05, 0.1) is 0 Å². The van der Waals surface area contributed by atoms with Gasteiger partial charge in [0.1, 0.15) is 5.75 Å². The van der Waals surface area contributed by atoms with Crippen LogP contribution in [0.15, 0.2) is 24.3 Å². The van der Waals surface area contributed by atoms with Crippen molar-refractivity contribution in [2.75, 3.05) is 0 Å². The molecule has 2 aliphatic rings. The van der Waals surface area contributed by atoms with Crippen molar-refractivity contribution in [3.63, 3.8) is 0 Å². The molecule has 80 valence electrons. The van der Waals surface area contributed by atoms with Crippen molar-refractivity contribution in [2.24, 2.45) is 17.6 Å². The molecule has 2 heteroatoms. The van der Waals surface area contributed by atoms with Gasteiger partial charge in [-0.15, -0.1) is 0 Å². The molecule has 2 atom stereocenters. The minimum Gasteiger partial charge on any atom is -0.508 e. The van der Waals surface area contributed by atoms with E-state index in [1.54, 1.807) is 12.1 Å². The molecule has 0 heterocycles. The van der Waals surface area contributed by atoms with Crippen LogP contribution >= 0.6 is 0 Å². The van der Waals surface area contributed by atoms with Gasteiger partial charge in [-0.1, -0.05) is 12.1 Å². The van der Waals surface area contributed by atoms with Crippen molar-refractivity contribution in [3.05, 3.63) is 29.8 Å². The first kappa shape index (κ1) is 9.22. The molecule has 2 aliphatic carbocycles. The van der Waals surface area contributed by atoms with Gasteiger partial charge in [0.15, 0.2) is 0 Å². The summed E-state index contributed by atoms with van der Waals surface area (Å²) in [4.78, 5) is 0. The molecule has 2 saturated carbocycles. The van der Waals surface area contributed by atoms with Crippen LogP contribution in [-0.4, -0.2) is 10.6 Å². The molecule has 1 aromatic rings. The molecule has 0 aromatic heterocycles. The zero-order valence-corrected chi connectivity index (χ0v) is 8.82. The number of aromatic hydroxyl groups is 1. The Hall–Kier alpha value is -1.02. The number of hydrogen-bond acceptors (Lipinski definition) is 2. The van der Waals surface area contributed by atoms with Crippen molar-refractivity contribution < 1.29 is 5.11 Å². The summed E-state index contributed by atoms with van der Waals surface area (Å²) in [6, 6.07) is 7.44. The lowest BCUT2D eigenvalue weighted by Crippen LogP contribution is -2.28. The SMILES string of the molecule is NC1(Cc2ccc(O)cc2)CC1C1CC1. The van der Waals surface area contributed by atoms with Crippen molar-refractivity contribution >= 4 is 0 Å². The summed E-state index contributed by atoms with van der Waals surface area (Å²) in [6.45, 7) is 0. The summed E-state index contributed by atoms with van der Waals surface area (Å²) >= 11 is 0. The van der Waals surface area contributed by atoms with Crippen LogP contribution in [0.1, 0.15) is 24.8 Å². The van der Waals surface area contributed by atoms with E-state index in [0.717, 1.165) is 18.3 Å². The lowest BCUT2D eigenvalue weighted by Gasteiger charge is -2.11. The lowest BCUT2D eigenvalue weighted by atomic mass is 10.0. The minimum absolute atomic E-state index is 0.0676. The molecule has 2 unspecified atom stereocenters. The standard InChI is InChI=1S/C13H17NO/c14-13(8-12(13)10-3-4-10)7-9-1-5-11(15)6-2-9/h1-2,5-6,10,12,15H,3-4,7-8,14H2. The summed E-state index contributed by atoms with van der Waals surface area (Å²) in [5, 5.41) is 9.19. The van der Waals surface area contributed by atoms with E-state index < -0.39 is 0 Å². The molecule has 0 saturated heterocycles. The highest BCUT2D eigenvalue weighted by atomic mass is 16.3. The lowest BCUT2D eigenvalue weighted by molar-refractivity contribution is 0.474. The highest BCUT2D eigenvalue weighted by Gasteiger charge is 2.56. The fourth-order valence-electron chi connectivity index (χ4n) is 2.68. The average Bonchev–Trinajstić information content (AvgIpc) is 3.06. The first-order valence-corrected chi connectivity index (χ1v) is 5.74. The first-order chi connectivity index (χ1) is 7.17. The van der Waals surface area contributed by atoms with E-state index >= 15 is 0 Å². The molecule has 0 aliphatic heterocycles. The summed E-state index contributed by atoms with van der Waals surface area (Å²) in [6.07, 6.45) is 4.94. The maximum atomic E-state index is 9.19. The van der Waals surface area contributed by atoms with Gasteiger partial charge in [0.2, 0.25) is 0 Å². The number of nitrogens with two attached hydrogens (primary N) is 1. The Morgan fingerprint density at radius 1 is 1.27 bits per heavy atom. The zero-order valence-electron chi connectivity index (χ0n) is 8.82. The second kappa shape index (κ2) is 2.99. The topological polar surface area (TPSA) is 46.2 Å². The van der Waals surface area contributed by atoms with Gasteiger partial charge in [0, 0.05) is 5.54 Å². The molecule has 0 spiro atoms. The van der Waals surface area contributed by atoms with Crippen LogP contribution in [0.4, 0.5) is 0 Å². The Kier molecular flexibility index (Phi) is 1.84. The highest BCUT2D eigenvalue weighted by molar-refractivity contribution is 5.29. The van der Waals surface area contributed by atoms with E-state index in [4.69, 9.17) is 5.73 Å². The van der Waals surface area contributed by atoms with E-state index in [0.29, 0.717) is 5.75 Å². The maximum Gasteiger partial charge on any atom is 0.115 e. The normalized spacial score (nSPS) is 34.1. The van der Waals surface area contributed by atoms with Gasteiger partial charge in [-0.25, -0.2) is 0 Å². The second-order valence-corrected chi connectivity index (χ2v) is 5.22. The van der Waals surface area contributed by atoms with Crippen molar-refractivity contribution in [1.82, 2.24) is 0 Å². The Morgan fingerprint density at radius 2 is 1.93 bits per heavy atom. The van der Waals surface area contributed by atoms with Gasteiger partial charge in [0.25, 0.3) is 0 Å². The maximum absolute atomic E-state index is 9.19. The Balaban J connectivity index is 1.68. The van der Waals surface area contributed by atoms with Gasteiger partial charge < -0.3 is 10.8 Å². The molecule has 0 bridgehead atoms. The van der Waals surface area contributed by atoms with Gasteiger partial charge in [-0.05, 0) is 55.2 Å². The molecule has 3 rings (SSSR count). The highest BCUT2D eigenvalue weighted by Crippen LogP contribution is 2.56. The Morgan fingerprint density at radius 3 is 2.53 bits per heavy atom. The third-order valence-electron chi connectivity index (χ3n) is 3.84. The molecular formula is C13H17NO. The van der Waals surface area contributed by atoms with Gasteiger partial charge >= 0.3 is 0 Å². The fourth-order valence-corrected chi connectivity index (χ4v) is 2.68. The number of benzene rings is 1. The fraction of sp³-hybridized carbons (Fsp3) is 0.538. The van der Waals surface area contributed by atoms with Crippen molar-refractivity contribution in [2.45, 2.75) is 31.2 Å². The first-order valence-electron chi connectivity index (χ1n) is 5.74. The van der Waals surface area contributed by atoms with Crippen molar-refractivity contribution in [1.29, 1.82) is 0 Å². The van der Waals surface area contributed by atoms with Crippen molar-refractivity contribution in [3.8, 4) is 5.75 Å². The second-order valence-electron chi connectivity index (χ2n) is 5.22.